The highest BCUT2D eigenvalue weighted by Crippen LogP contribution is 2.48. The lowest BCUT2D eigenvalue weighted by molar-refractivity contribution is -0.126. The lowest BCUT2D eigenvalue weighted by atomic mass is 9.90. The third-order valence-electron chi connectivity index (χ3n) is 5.50. The first-order chi connectivity index (χ1) is 15.0. The van der Waals surface area contributed by atoms with Crippen molar-refractivity contribution in [3.63, 3.8) is 0 Å². The first-order valence-electron chi connectivity index (χ1n) is 9.55. The van der Waals surface area contributed by atoms with Gasteiger partial charge in [0.05, 0.1) is 21.9 Å². The highest BCUT2D eigenvalue weighted by molar-refractivity contribution is 9.10. The summed E-state index contributed by atoms with van der Waals surface area (Å²) in [6.45, 7) is 0. The van der Waals surface area contributed by atoms with Gasteiger partial charge in [-0.05, 0) is 57.9 Å². The third kappa shape index (κ3) is 3.14. The van der Waals surface area contributed by atoms with E-state index in [1.165, 1.54) is 29.3 Å². The highest BCUT2D eigenvalue weighted by atomic mass is 79.9. The van der Waals surface area contributed by atoms with E-state index in [4.69, 9.17) is 4.84 Å². The molecule has 31 heavy (non-hydrogen) atoms. The van der Waals surface area contributed by atoms with Crippen molar-refractivity contribution >= 4 is 39.1 Å². The number of hydrogen-bond acceptors (Lipinski definition) is 4. The molecular weight excluding hydrogens is 470 g/mol. The normalized spacial score (nSPS) is 22.9. The molecule has 3 aromatic carbocycles. The summed E-state index contributed by atoms with van der Waals surface area (Å²) in [5.41, 5.74) is 1.11. The summed E-state index contributed by atoms with van der Waals surface area (Å²) in [5, 5.41) is 1.50. The Morgan fingerprint density at radius 3 is 2.26 bits per heavy atom. The zero-order chi connectivity index (χ0) is 21.7. The highest BCUT2D eigenvalue weighted by Gasteiger charge is 2.60. The molecule has 0 bridgehead atoms. The number of hydroxylamine groups is 1. The molecule has 5 rings (SSSR count). The van der Waals surface area contributed by atoms with Crippen LogP contribution in [-0.2, 0) is 14.4 Å². The Bertz CT molecular complexity index is 1190. The van der Waals surface area contributed by atoms with Crippen LogP contribution in [0.1, 0.15) is 11.6 Å². The number of fused-ring (bicyclic) bond motifs is 1. The van der Waals surface area contributed by atoms with Crippen LogP contribution in [0.2, 0.25) is 0 Å². The van der Waals surface area contributed by atoms with Crippen LogP contribution in [0.15, 0.2) is 77.3 Å². The molecule has 156 valence electrons. The first-order valence-corrected chi connectivity index (χ1v) is 10.3. The van der Waals surface area contributed by atoms with Crippen molar-refractivity contribution in [3.05, 3.63) is 94.5 Å². The van der Waals surface area contributed by atoms with Gasteiger partial charge in [0.1, 0.15) is 17.6 Å². The van der Waals surface area contributed by atoms with Gasteiger partial charge in [0, 0.05) is 0 Å². The lowest BCUT2D eigenvalue weighted by Gasteiger charge is -2.29. The minimum absolute atomic E-state index is 0.110. The Balaban J connectivity index is 1.62. The quantitative estimate of drug-likeness (QED) is 0.502. The van der Waals surface area contributed by atoms with Crippen molar-refractivity contribution in [2.45, 2.75) is 12.1 Å². The molecule has 3 atom stereocenters. The molecule has 0 aromatic heterocycles. The molecule has 2 aliphatic rings. The number of carbonyl (C=O) groups excluding carboxylic acids is 2. The summed E-state index contributed by atoms with van der Waals surface area (Å²) in [6.07, 6.45) is -1.12. The number of nitrogens with zero attached hydrogens (tertiary/aromatic N) is 2. The Labute approximate surface area is 184 Å². The Hall–Kier alpha value is -3.10. The molecule has 2 fully saturated rings. The maximum atomic E-state index is 14.4. The molecule has 2 saturated heterocycles. The average Bonchev–Trinajstić information content (AvgIpc) is 3.28. The van der Waals surface area contributed by atoms with Crippen LogP contribution >= 0.6 is 15.9 Å². The van der Waals surface area contributed by atoms with Gasteiger partial charge >= 0.3 is 0 Å². The van der Waals surface area contributed by atoms with E-state index in [0.717, 1.165) is 4.90 Å². The minimum atomic E-state index is -1.12. The number of imide groups is 1. The number of carbonyl (C=O) groups is 2. The maximum Gasteiger partial charge on any atom is 0.266 e. The molecule has 3 aromatic rings. The Kier molecular flexibility index (Phi) is 4.83. The molecular formula is C23H15BrF2N2O3. The fourth-order valence-electron chi connectivity index (χ4n) is 4.12. The molecule has 0 aliphatic carbocycles. The van der Waals surface area contributed by atoms with Gasteiger partial charge in [-0.3, -0.25) is 14.4 Å². The van der Waals surface area contributed by atoms with E-state index in [2.05, 4.69) is 15.9 Å². The van der Waals surface area contributed by atoms with Crippen LogP contribution in [-0.4, -0.2) is 17.9 Å². The van der Waals surface area contributed by atoms with Crippen LogP contribution in [0.25, 0.3) is 0 Å². The molecule has 0 unspecified atom stereocenters. The van der Waals surface area contributed by atoms with E-state index in [1.807, 2.05) is 6.07 Å². The fraction of sp³-hybridized carbons (Fsp3) is 0.130. The second-order valence-corrected chi connectivity index (χ2v) is 8.15. The number of para-hydroxylation sites is 2. The van der Waals surface area contributed by atoms with Crippen molar-refractivity contribution in [1.29, 1.82) is 0 Å². The SMILES string of the molecule is O=C1[C@H]2[C@H](ON(c3ccccc3)[C@@H]2c2ccc(F)c(Br)c2)C(=O)N1c1ccccc1F. The average molecular weight is 485 g/mol. The molecule has 5 nitrogen and oxygen atoms in total. The van der Waals surface area contributed by atoms with Gasteiger partial charge in [0.25, 0.3) is 5.91 Å². The standard InChI is InChI=1S/C23H15BrF2N2O3/c24-15-12-13(10-11-16(15)25)20-19-21(31-28(20)14-6-2-1-3-7-14)23(30)27(22(19)29)18-9-5-4-8-17(18)26/h1-12,19-21H/t19-,20-,21+/m1/s1. The van der Waals surface area contributed by atoms with Gasteiger partial charge in [-0.1, -0.05) is 36.4 Å². The third-order valence-corrected chi connectivity index (χ3v) is 6.11. The molecule has 0 saturated carbocycles. The van der Waals surface area contributed by atoms with Gasteiger partial charge in [-0.25, -0.2) is 18.7 Å². The van der Waals surface area contributed by atoms with Gasteiger partial charge in [0.2, 0.25) is 5.91 Å². The first kappa shape index (κ1) is 19.8. The van der Waals surface area contributed by atoms with E-state index in [1.54, 1.807) is 42.5 Å². The zero-order valence-corrected chi connectivity index (χ0v) is 17.5. The van der Waals surface area contributed by atoms with E-state index < -0.39 is 41.5 Å². The van der Waals surface area contributed by atoms with Crippen LogP contribution in [0, 0.1) is 17.6 Å². The summed E-state index contributed by atoms with van der Waals surface area (Å²) in [4.78, 5) is 33.4. The largest absolute Gasteiger partial charge is 0.273 e. The van der Waals surface area contributed by atoms with E-state index in [-0.39, 0.29) is 10.2 Å². The van der Waals surface area contributed by atoms with E-state index >= 15 is 0 Å². The fourth-order valence-corrected chi connectivity index (χ4v) is 4.52. The number of benzene rings is 3. The van der Waals surface area contributed by atoms with Crippen molar-refractivity contribution in [1.82, 2.24) is 0 Å². The van der Waals surface area contributed by atoms with Crippen molar-refractivity contribution in [2.24, 2.45) is 5.92 Å². The number of anilines is 2. The van der Waals surface area contributed by atoms with E-state index in [0.29, 0.717) is 11.3 Å². The predicted molar refractivity (Wildman–Crippen MR) is 113 cm³/mol. The molecule has 2 aliphatic heterocycles. The van der Waals surface area contributed by atoms with Gasteiger partial charge in [-0.15, -0.1) is 0 Å². The molecule has 0 N–H and O–H groups in total. The zero-order valence-electron chi connectivity index (χ0n) is 15.9. The summed E-state index contributed by atoms with van der Waals surface area (Å²) in [5.74, 6) is -3.25. The van der Waals surface area contributed by atoms with Gasteiger partial charge < -0.3 is 0 Å². The second-order valence-electron chi connectivity index (χ2n) is 7.29. The minimum Gasteiger partial charge on any atom is -0.273 e. The van der Waals surface area contributed by atoms with Crippen LogP contribution < -0.4 is 9.96 Å². The summed E-state index contributed by atoms with van der Waals surface area (Å²) in [6, 6.07) is 18.3. The predicted octanol–water partition coefficient (Wildman–Crippen LogP) is 4.78. The Morgan fingerprint density at radius 2 is 1.55 bits per heavy atom. The number of amides is 2. The van der Waals surface area contributed by atoms with Crippen LogP contribution in [0.5, 0.6) is 0 Å². The number of rotatable bonds is 3. The van der Waals surface area contributed by atoms with Crippen LogP contribution in [0.4, 0.5) is 20.2 Å². The second kappa shape index (κ2) is 7.55. The van der Waals surface area contributed by atoms with Crippen molar-refractivity contribution < 1.29 is 23.2 Å². The van der Waals surface area contributed by atoms with Gasteiger partial charge in [0.15, 0.2) is 6.10 Å². The maximum absolute atomic E-state index is 14.4. The number of hydrogen-bond donors (Lipinski definition) is 0. The monoisotopic (exact) mass is 484 g/mol. The molecule has 2 amide bonds. The molecule has 2 heterocycles. The molecule has 0 spiro atoms. The summed E-state index contributed by atoms with van der Waals surface area (Å²) in [7, 11) is 0. The van der Waals surface area contributed by atoms with Crippen molar-refractivity contribution in [3.8, 4) is 0 Å². The molecule has 8 heteroatoms. The topological polar surface area (TPSA) is 49.9 Å². The smallest absolute Gasteiger partial charge is 0.266 e. The van der Waals surface area contributed by atoms with Gasteiger partial charge in [-0.2, -0.15) is 0 Å². The summed E-state index contributed by atoms with van der Waals surface area (Å²) >= 11 is 3.18. The van der Waals surface area contributed by atoms with E-state index in [9.17, 15) is 18.4 Å². The Morgan fingerprint density at radius 1 is 0.839 bits per heavy atom. The number of halogens is 3. The van der Waals surface area contributed by atoms with Crippen LogP contribution in [0.3, 0.4) is 0 Å². The molecule has 0 radical (unpaired) electrons. The lowest BCUT2D eigenvalue weighted by Crippen LogP contribution is -2.37. The summed E-state index contributed by atoms with van der Waals surface area (Å²) < 4.78 is 28.5. The van der Waals surface area contributed by atoms with Crippen molar-refractivity contribution in [2.75, 3.05) is 9.96 Å².